The van der Waals surface area contributed by atoms with Crippen molar-refractivity contribution in [1.29, 1.82) is 0 Å². The molecule has 0 aliphatic carbocycles. The highest BCUT2D eigenvalue weighted by molar-refractivity contribution is 5.66. The Balaban J connectivity index is 1.50. The monoisotopic (exact) mass is 841 g/mol. The minimum atomic E-state index is -1.21. The van der Waals surface area contributed by atoms with E-state index in [2.05, 4.69) is 16.9 Å². The molecular weight excluding hydrogens is 775 g/mol. The largest absolute Gasteiger partial charge is 0.458 e. The molecule has 1 fully saturated rings. The second-order valence-electron chi connectivity index (χ2n) is 15.6. The van der Waals surface area contributed by atoms with Gasteiger partial charge in [0.2, 0.25) is 0 Å². The van der Waals surface area contributed by atoms with E-state index in [1.54, 1.807) is 6.08 Å². The summed E-state index contributed by atoms with van der Waals surface area (Å²) in [6.45, 7) is 5.43. The average molecular weight is 842 g/mol. The molecular formula is C49H67N3O9. The van der Waals surface area contributed by atoms with Crippen LogP contribution >= 0.6 is 0 Å². The van der Waals surface area contributed by atoms with Crippen LogP contribution in [-0.2, 0) is 62.6 Å². The number of benzene rings is 3. The highest BCUT2D eigenvalue weighted by atomic mass is 16.7. The maximum Gasteiger partial charge on any atom is 0.303 e. The third kappa shape index (κ3) is 19.4. The fourth-order valence-electron chi connectivity index (χ4n) is 7.30. The van der Waals surface area contributed by atoms with Crippen molar-refractivity contribution in [1.82, 2.24) is 0 Å². The van der Waals surface area contributed by atoms with Crippen molar-refractivity contribution in [3.05, 3.63) is 130 Å². The molecule has 1 saturated heterocycles. The number of allylic oxidation sites excluding steroid dienone is 1. The van der Waals surface area contributed by atoms with Crippen LogP contribution in [0.2, 0.25) is 0 Å². The smallest absolute Gasteiger partial charge is 0.303 e. The Labute approximate surface area is 362 Å². The van der Waals surface area contributed by atoms with Gasteiger partial charge in [0, 0.05) is 18.8 Å². The highest BCUT2D eigenvalue weighted by Crippen LogP contribution is 2.32. The molecule has 3 aromatic carbocycles. The molecule has 0 unspecified atom stereocenters. The molecule has 332 valence electrons. The van der Waals surface area contributed by atoms with Crippen LogP contribution in [0.3, 0.4) is 0 Å². The molecule has 1 heterocycles. The van der Waals surface area contributed by atoms with Crippen LogP contribution in [0.15, 0.2) is 108 Å². The number of nitrogens with zero attached hydrogens (tertiary/aromatic N) is 3. The zero-order chi connectivity index (χ0) is 43.3. The van der Waals surface area contributed by atoms with Crippen molar-refractivity contribution in [2.24, 2.45) is 5.11 Å². The van der Waals surface area contributed by atoms with Crippen molar-refractivity contribution in [2.75, 3.05) is 13.2 Å². The first-order valence-electron chi connectivity index (χ1n) is 22.1. The molecule has 61 heavy (non-hydrogen) atoms. The Morgan fingerprint density at radius 1 is 0.689 bits per heavy atom. The van der Waals surface area contributed by atoms with Gasteiger partial charge in [-0.05, 0) is 41.1 Å². The first kappa shape index (κ1) is 49.1. The number of carbonyl (C=O) groups excluding carboxylic acids is 2. The Bertz CT molecular complexity index is 1710. The van der Waals surface area contributed by atoms with Gasteiger partial charge in [0.1, 0.15) is 30.5 Å². The van der Waals surface area contributed by atoms with Crippen LogP contribution in [0.25, 0.3) is 10.4 Å². The van der Waals surface area contributed by atoms with Gasteiger partial charge in [-0.1, -0.05) is 173 Å². The lowest BCUT2D eigenvalue weighted by Gasteiger charge is -2.45. The molecule has 0 radical (unpaired) electrons. The SMILES string of the molecule is CCCCCCCCCCCCC/C=C/[C@@H](OC(C)=O)[C@H](CO[C@H]1O[C@H](COCc2ccccc2)[C@@H](OCc2ccccc2)[C@H](OCc2ccccc2)[C@H]1OC(C)=O)N=[N+]=[N-]. The second kappa shape index (κ2) is 29.7. The molecule has 0 amide bonds. The van der Waals surface area contributed by atoms with Crippen molar-refractivity contribution in [3.8, 4) is 0 Å². The Morgan fingerprint density at radius 3 is 1.74 bits per heavy atom. The molecule has 7 atom stereocenters. The van der Waals surface area contributed by atoms with Crippen LogP contribution in [-0.4, -0.2) is 68.0 Å². The summed E-state index contributed by atoms with van der Waals surface area (Å²) in [5.41, 5.74) is 12.5. The number of hydrogen-bond donors (Lipinski definition) is 0. The van der Waals surface area contributed by atoms with Gasteiger partial charge in [0.25, 0.3) is 0 Å². The number of esters is 2. The fourth-order valence-corrected chi connectivity index (χ4v) is 7.30. The third-order valence-electron chi connectivity index (χ3n) is 10.5. The van der Waals surface area contributed by atoms with E-state index in [4.69, 9.17) is 33.2 Å². The zero-order valence-corrected chi connectivity index (χ0v) is 36.4. The summed E-state index contributed by atoms with van der Waals surface area (Å²) in [5.74, 6) is -1.11. The van der Waals surface area contributed by atoms with Crippen molar-refractivity contribution in [3.63, 3.8) is 0 Å². The number of azide groups is 1. The van der Waals surface area contributed by atoms with E-state index in [0.717, 1.165) is 36.0 Å². The van der Waals surface area contributed by atoms with Gasteiger partial charge >= 0.3 is 11.9 Å². The molecule has 12 nitrogen and oxygen atoms in total. The van der Waals surface area contributed by atoms with Crippen LogP contribution in [0.4, 0.5) is 0 Å². The lowest BCUT2D eigenvalue weighted by atomic mass is 9.97. The van der Waals surface area contributed by atoms with E-state index in [-0.39, 0.29) is 26.4 Å². The molecule has 0 aromatic heterocycles. The van der Waals surface area contributed by atoms with E-state index >= 15 is 0 Å². The van der Waals surface area contributed by atoms with Gasteiger partial charge < -0.3 is 33.2 Å². The van der Waals surface area contributed by atoms with Crippen molar-refractivity contribution in [2.45, 2.75) is 160 Å². The summed E-state index contributed by atoms with van der Waals surface area (Å²) in [7, 11) is 0. The van der Waals surface area contributed by atoms with Crippen molar-refractivity contribution >= 4 is 11.9 Å². The summed E-state index contributed by atoms with van der Waals surface area (Å²) in [5, 5.41) is 3.99. The number of rotatable bonds is 30. The van der Waals surface area contributed by atoms with Gasteiger partial charge in [0.15, 0.2) is 12.4 Å². The van der Waals surface area contributed by atoms with E-state index in [1.807, 2.05) is 97.1 Å². The second-order valence-corrected chi connectivity index (χ2v) is 15.6. The summed E-state index contributed by atoms with van der Waals surface area (Å²) in [4.78, 5) is 28.1. The molecule has 1 aliphatic heterocycles. The summed E-state index contributed by atoms with van der Waals surface area (Å²) >= 11 is 0. The minimum Gasteiger partial charge on any atom is -0.458 e. The number of carbonyl (C=O) groups is 2. The normalized spacial score (nSPS) is 19.8. The molecule has 0 spiro atoms. The van der Waals surface area contributed by atoms with Crippen LogP contribution in [0, 0.1) is 0 Å². The minimum absolute atomic E-state index is 0.0871. The third-order valence-corrected chi connectivity index (χ3v) is 10.5. The number of unbranched alkanes of at least 4 members (excludes halogenated alkanes) is 11. The Morgan fingerprint density at radius 2 is 1.21 bits per heavy atom. The molecule has 12 heteroatoms. The zero-order valence-electron chi connectivity index (χ0n) is 36.4. The predicted octanol–water partition coefficient (Wildman–Crippen LogP) is 10.9. The van der Waals surface area contributed by atoms with E-state index in [1.165, 1.54) is 71.6 Å². The van der Waals surface area contributed by atoms with Gasteiger partial charge in [-0.25, -0.2) is 0 Å². The maximum atomic E-state index is 12.8. The molecule has 0 N–H and O–H groups in total. The molecule has 1 aliphatic rings. The van der Waals surface area contributed by atoms with Gasteiger partial charge in [-0.3, -0.25) is 9.59 Å². The number of hydrogen-bond acceptors (Lipinski definition) is 10. The standard InChI is InChI=1S/C49H67N3O9/c1-4-5-6-7-8-9-10-11-12-13-14-15-25-32-44(59-38(2)53)43(51-52-50)36-58-49-48(60-39(3)54)47(57-35-42-30-23-18-24-31-42)46(56-34-41-28-21-17-22-29-41)45(61-49)37-55-33-40-26-19-16-20-27-40/h16-32,43-49H,4-15,33-37H2,1-3H3/b32-25+/t43-,44+,45+,46+,47-,48+,49-/m0/s1. The lowest BCUT2D eigenvalue weighted by molar-refractivity contribution is -0.321. The van der Waals surface area contributed by atoms with Crippen LogP contribution in [0.5, 0.6) is 0 Å². The molecule has 0 bridgehead atoms. The molecule has 3 aromatic rings. The molecule has 4 rings (SSSR count). The first-order valence-corrected chi connectivity index (χ1v) is 22.1. The van der Waals surface area contributed by atoms with Crippen LogP contribution < -0.4 is 0 Å². The number of ether oxygens (including phenoxy) is 7. The van der Waals surface area contributed by atoms with Gasteiger partial charge in [-0.2, -0.15) is 0 Å². The Hall–Kier alpha value is -4.55. The summed E-state index contributed by atoms with van der Waals surface area (Å²) < 4.78 is 44.0. The van der Waals surface area contributed by atoms with E-state index < -0.39 is 54.8 Å². The fraction of sp³-hybridized carbons (Fsp3) is 0.551. The highest BCUT2D eigenvalue weighted by Gasteiger charge is 2.50. The van der Waals surface area contributed by atoms with Gasteiger partial charge in [0.05, 0.1) is 33.0 Å². The summed E-state index contributed by atoms with van der Waals surface area (Å²) in [6.07, 6.45) is 12.6. The van der Waals surface area contributed by atoms with Crippen molar-refractivity contribution < 1.29 is 42.7 Å². The van der Waals surface area contributed by atoms with E-state index in [9.17, 15) is 15.1 Å². The van der Waals surface area contributed by atoms with Gasteiger partial charge in [-0.15, -0.1) is 0 Å². The Kier molecular flexibility index (Phi) is 23.9. The van der Waals surface area contributed by atoms with Crippen LogP contribution in [0.1, 0.15) is 115 Å². The van der Waals surface area contributed by atoms with E-state index in [0.29, 0.717) is 6.61 Å². The molecule has 0 saturated carbocycles. The maximum absolute atomic E-state index is 12.8. The lowest BCUT2D eigenvalue weighted by Crippen LogP contribution is -2.62. The quantitative estimate of drug-likeness (QED) is 0.0160. The average Bonchev–Trinajstić information content (AvgIpc) is 3.26. The first-order chi connectivity index (χ1) is 29.9. The summed E-state index contributed by atoms with van der Waals surface area (Å²) in [6, 6.07) is 28.2. The predicted molar refractivity (Wildman–Crippen MR) is 235 cm³/mol. The topological polar surface area (TPSA) is 148 Å².